The second kappa shape index (κ2) is 18.8. The molecule has 16 heteroatoms. The summed E-state index contributed by atoms with van der Waals surface area (Å²) in [5, 5.41) is 26.6. The van der Waals surface area contributed by atoms with Gasteiger partial charge in [-0.05, 0) is 62.8 Å². The van der Waals surface area contributed by atoms with Crippen LogP contribution in [-0.2, 0) is 30.4 Å². The van der Waals surface area contributed by atoms with Gasteiger partial charge in [-0.1, -0.05) is 12.1 Å². The first-order chi connectivity index (χ1) is 19.8. The summed E-state index contributed by atoms with van der Waals surface area (Å²) in [5.41, 5.74) is 27.8. The number of unbranched alkanes of at least 4 members (excludes halogenated alkanes) is 1. The van der Waals surface area contributed by atoms with Crippen molar-refractivity contribution in [3.8, 4) is 5.75 Å². The van der Waals surface area contributed by atoms with Gasteiger partial charge in [-0.3, -0.25) is 24.2 Å². The van der Waals surface area contributed by atoms with Crippen LogP contribution in [0.4, 0.5) is 0 Å². The highest BCUT2D eigenvalue weighted by atomic mass is 16.4. The van der Waals surface area contributed by atoms with Crippen LogP contribution in [0.2, 0.25) is 0 Å². The van der Waals surface area contributed by atoms with Crippen molar-refractivity contribution < 1.29 is 34.2 Å². The van der Waals surface area contributed by atoms with E-state index >= 15 is 0 Å². The number of aromatic hydroxyl groups is 1. The normalized spacial score (nSPS) is 13.6. The van der Waals surface area contributed by atoms with Crippen LogP contribution in [-0.4, -0.2) is 83.0 Å². The van der Waals surface area contributed by atoms with E-state index in [1.165, 1.54) is 24.3 Å². The molecule has 0 aromatic heterocycles. The van der Waals surface area contributed by atoms with Gasteiger partial charge in [0, 0.05) is 19.4 Å². The van der Waals surface area contributed by atoms with Gasteiger partial charge < -0.3 is 54.8 Å². The van der Waals surface area contributed by atoms with Gasteiger partial charge in [0.15, 0.2) is 5.96 Å². The standard InChI is InChI=1S/C26H43N9O7/c27-12-2-1-5-18(23(39)35-20(25(41)42)14-15-6-8-16(36)9-7-15)34-24(40)19(10-11-21(29)37)33-22(38)17(28)4-3-13-32-26(30)31/h6-9,17-20,36H,1-5,10-14,27-28H2,(H2,29,37)(H,33,38)(H,34,40)(H,35,39)(H,41,42)(H4,30,31,32)/t17-,18-,19-,20-/m0/s1. The number of carboxylic acids is 1. The van der Waals surface area contributed by atoms with Crippen LogP contribution in [0, 0.1) is 0 Å². The molecule has 42 heavy (non-hydrogen) atoms. The van der Waals surface area contributed by atoms with Gasteiger partial charge in [-0.25, -0.2) is 4.79 Å². The lowest BCUT2D eigenvalue weighted by Gasteiger charge is -2.25. The molecule has 0 fully saturated rings. The molecule has 0 radical (unpaired) electrons. The third-order valence-corrected chi connectivity index (χ3v) is 6.19. The molecule has 4 amide bonds. The molecular weight excluding hydrogens is 550 g/mol. The van der Waals surface area contributed by atoms with Crippen LogP contribution >= 0.6 is 0 Å². The Morgan fingerprint density at radius 3 is 1.90 bits per heavy atom. The number of nitrogens with two attached hydrogens (primary N) is 5. The van der Waals surface area contributed by atoms with Crippen LogP contribution in [0.5, 0.6) is 5.75 Å². The number of rotatable bonds is 20. The Labute approximate surface area is 243 Å². The zero-order valence-corrected chi connectivity index (χ0v) is 23.5. The largest absolute Gasteiger partial charge is 0.508 e. The number of nitrogens with one attached hydrogen (secondary N) is 3. The maximum atomic E-state index is 13.2. The van der Waals surface area contributed by atoms with E-state index in [0.717, 1.165) is 0 Å². The van der Waals surface area contributed by atoms with Crippen molar-refractivity contribution in [3.05, 3.63) is 29.8 Å². The van der Waals surface area contributed by atoms with Crippen molar-refractivity contribution in [3.63, 3.8) is 0 Å². The van der Waals surface area contributed by atoms with Crippen LogP contribution in [0.1, 0.15) is 50.5 Å². The number of carboxylic acid groups (broad SMARTS) is 1. The molecule has 15 N–H and O–H groups in total. The minimum Gasteiger partial charge on any atom is -0.508 e. The summed E-state index contributed by atoms with van der Waals surface area (Å²) >= 11 is 0. The van der Waals surface area contributed by atoms with Crippen molar-refractivity contribution in [1.29, 1.82) is 0 Å². The molecule has 234 valence electrons. The first-order valence-electron chi connectivity index (χ1n) is 13.5. The zero-order chi connectivity index (χ0) is 31.7. The average molecular weight is 594 g/mol. The number of aliphatic carboxylic acids is 1. The van der Waals surface area contributed by atoms with Gasteiger partial charge in [0.25, 0.3) is 0 Å². The fraction of sp³-hybridized carbons (Fsp3) is 0.538. The Hall–Kier alpha value is -4.44. The summed E-state index contributed by atoms with van der Waals surface area (Å²) in [6.45, 7) is 0.581. The van der Waals surface area contributed by atoms with Gasteiger partial charge in [-0.2, -0.15) is 0 Å². The van der Waals surface area contributed by atoms with Crippen LogP contribution in [0.15, 0.2) is 29.3 Å². The summed E-state index contributed by atoms with van der Waals surface area (Å²) in [7, 11) is 0. The van der Waals surface area contributed by atoms with Gasteiger partial charge in [0.2, 0.25) is 23.6 Å². The summed E-state index contributed by atoms with van der Waals surface area (Å²) < 4.78 is 0. The Balaban J connectivity index is 3.01. The molecule has 0 aliphatic carbocycles. The fourth-order valence-electron chi connectivity index (χ4n) is 3.86. The number of primary amides is 1. The van der Waals surface area contributed by atoms with Crippen LogP contribution in [0.3, 0.4) is 0 Å². The Morgan fingerprint density at radius 1 is 0.786 bits per heavy atom. The van der Waals surface area contributed by atoms with Crippen molar-refractivity contribution in [2.24, 2.45) is 33.7 Å². The van der Waals surface area contributed by atoms with E-state index in [1.807, 2.05) is 0 Å². The van der Waals surface area contributed by atoms with E-state index in [1.54, 1.807) is 0 Å². The lowest BCUT2D eigenvalue weighted by atomic mass is 10.0. The second-order valence-electron chi connectivity index (χ2n) is 9.74. The van der Waals surface area contributed by atoms with Crippen molar-refractivity contribution in [2.45, 2.75) is 75.5 Å². The van der Waals surface area contributed by atoms with Gasteiger partial charge in [-0.15, -0.1) is 0 Å². The molecule has 4 atom stereocenters. The van der Waals surface area contributed by atoms with E-state index in [4.69, 9.17) is 28.7 Å². The number of hydrogen-bond acceptors (Lipinski definition) is 9. The number of phenolic OH excluding ortho intramolecular Hbond substituents is 1. The second-order valence-corrected chi connectivity index (χ2v) is 9.74. The highest BCUT2D eigenvalue weighted by Crippen LogP contribution is 2.12. The fourth-order valence-corrected chi connectivity index (χ4v) is 3.86. The molecule has 1 rings (SSSR count). The van der Waals surface area contributed by atoms with E-state index in [2.05, 4.69) is 20.9 Å². The summed E-state index contributed by atoms with van der Waals surface area (Å²) in [6, 6.07) is 1.05. The Bertz CT molecular complexity index is 1080. The molecule has 16 nitrogen and oxygen atoms in total. The number of carbonyl (C=O) groups is 5. The molecule has 1 aromatic rings. The van der Waals surface area contributed by atoms with Crippen molar-refractivity contribution in [1.82, 2.24) is 16.0 Å². The Kier molecular flexibility index (Phi) is 15.9. The lowest BCUT2D eigenvalue weighted by molar-refractivity contribution is -0.142. The predicted octanol–water partition coefficient (Wildman–Crippen LogP) is -2.75. The molecule has 0 heterocycles. The lowest BCUT2D eigenvalue weighted by Crippen LogP contribution is -2.57. The molecule has 1 aromatic carbocycles. The topological polar surface area (TPSA) is 304 Å². The first-order valence-corrected chi connectivity index (χ1v) is 13.5. The monoisotopic (exact) mass is 593 g/mol. The van der Waals surface area contributed by atoms with Gasteiger partial charge in [0.05, 0.1) is 6.04 Å². The molecule has 0 spiro atoms. The summed E-state index contributed by atoms with van der Waals surface area (Å²) in [4.78, 5) is 66.2. The highest BCUT2D eigenvalue weighted by molar-refractivity contribution is 5.94. The molecule has 0 unspecified atom stereocenters. The number of nitrogens with zero attached hydrogens (tertiary/aromatic N) is 1. The molecule has 0 saturated heterocycles. The van der Waals surface area contributed by atoms with Crippen molar-refractivity contribution in [2.75, 3.05) is 13.1 Å². The predicted molar refractivity (Wildman–Crippen MR) is 154 cm³/mol. The minimum atomic E-state index is -1.33. The number of phenols is 1. The number of amides is 4. The van der Waals surface area contributed by atoms with E-state index in [0.29, 0.717) is 31.4 Å². The third-order valence-electron chi connectivity index (χ3n) is 6.19. The number of carbonyl (C=O) groups excluding carboxylic acids is 4. The number of guanidine groups is 1. The van der Waals surface area contributed by atoms with Crippen LogP contribution < -0.4 is 44.6 Å². The Morgan fingerprint density at radius 2 is 1.36 bits per heavy atom. The number of hydrogen-bond donors (Lipinski definition) is 10. The number of aliphatic imine (C=N–C) groups is 1. The number of benzene rings is 1. The highest BCUT2D eigenvalue weighted by Gasteiger charge is 2.30. The first kappa shape index (κ1) is 35.6. The molecule has 0 saturated carbocycles. The quantitative estimate of drug-likeness (QED) is 0.0419. The SMILES string of the molecule is NCCCC[C@H](NC(=O)[C@H](CCC(N)=O)NC(=O)[C@@H](N)CCCN=C(N)N)C(=O)N[C@@H](Cc1ccc(O)cc1)C(=O)O. The van der Waals surface area contributed by atoms with Crippen LogP contribution in [0.25, 0.3) is 0 Å². The maximum Gasteiger partial charge on any atom is 0.326 e. The maximum absolute atomic E-state index is 13.2. The summed E-state index contributed by atoms with van der Waals surface area (Å²) in [5.74, 6) is -4.33. The van der Waals surface area contributed by atoms with E-state index in [-0.39, 0.29) is 50.4 Å². The molecule has 0 aliphatic heterocycles. The minimum absolute atomic E-state index is 0.00206. The van der Waals surface area contributed by atoms with Crippen molar-refractivity contribution >= 4 is 35.6 Å². The summed E-state index contributed by atoms with van der Waals surface area (Å²) in [6.07, 6.45) is 1.20. The van der Waals surface area contributed by atoms with E-state index < -0.39 is 53.8 Å². The molecular formula is C26H43N9O7. The van der Waals surface area contributed by atoms with Gasteiger partial charge >= 0.3 is 5.97 Å². The average Bonchev–Trinajstić information content (AvgIpc) is 2.92. The van der Waals surface area contributed by atoms with E-state index in [9.17, 15) is 34.2 Å². The molecule has 0 bridgehead atoms. The molecule has 0 aliphatic rings. The third kappa shape index (κ3) is 14.3. The zero-order valence-electron chi connectivity index (χ0n) is 23.5. The smallest absolute Gasteiger partial charge is 0.326 e. The van der Waals surface area contributed by atoms with Gasteiger partial charge in [0.1, 0.15) is 23.9 Å².